The Labute approximate surface area is 102 Å². The Morgan fingerprint density at radius 1 is 1.35 bits per heavy atom. The largest absolute Gasteiger partial charge is 0.447 e. The van der Waals surface area contributed by atoms with Crippen LogP contribution in [0.3, 0.4) is 0 Å². The third-order valence-corrected chi connectivity index (χ3v) is 2.37. The van der Waals surface area contributed by atoms with Crippen molar-refractivity contribution in [1.29, 1.82) is 0 Å². The van der Waals surface area contributed by atoms with Crippen molar-refractivity contribution >= 4 is 6.09 Å². The van der Waals surface area contributed by atoms with Gasteiger partial charge in [0.25, 0.3) is 0 Å². The molecule has 4 heteroatoms. The molecule has 1 N–H and O–H groups in total. The third-order valence-electron chi connectivity index (χ3n) is 2.37. The van der Waals surface area contributed by atoms with Crippen LogP contribution in [0, 0.1) is 0 Å². The molecule has 1 aromatic carbocycles. The molecule has 0 fully saturated rings. The first-order valence-corrected chi connectivity index (χ1v) is 5.73. The van der Waals surface area contributed by atoms with Crippen LogP contribution in [-0.4, -0.2) is 35.4 Å². The fraction of sp³-hybridized carbons (Fsp3) is 0.462. The minimum atomic E-state index is -0.391. The first-order chi connectivity index (χ1) is 8.15. The zero-order valence-corrected chi connectivity index (χ0v) is 10.3. The lowest BCUT2D eigenvalue weighted by Crippen LogP contribution is -2.37. The summed E-state index contributed by atoms with van der Waals surface area (Å²) in [5.41, 5.74) is 1.06. The number of ether oxygens (including phenoxy) is 1. The lowest BCUT2D eigenvalue weighted by Gasteiger charge is -2.25. The summed E-state index contributed by atoms with van der Waals surface area (Å²) in [5, 5.41) is 8.63. The van der Waals surface area contributed by atoms with E-state index in [-0.39, 0.29) is 19.3 Å². The van der Waals surface area contributed by atoms with E-state index in [2.05, 4.69) is 0 Å². The molecule has 94 valence electrons. The van der Waals surface area contributed by atoms with Gasteiger partial charge in [0.2, 0.25) is 0 Å². The molecule has 0 aliphatic heterocycles. The molecule has 1 rings (SSSR count). The molecule has 0 radical (unpaired) electrons. The molecule has 0 atom stereocenters. The topological polar surface area (TPSA) is 49.8 Å². The van der Waals surface area contributed by atoms with E-state index in [4.69, 9.17) is 9.84 Å². The molecule has 0 saturated carbocycles. The highest BCUT2D eigenvalue weighted by atomic mass is 16.6. The van der Waals surface area contributed by atoms with E-state index >= 15 is 0 Å². The molecular formula is C13H19NO3. The number of carbonyl (C=O) groups is 1. The molecule has 0 unspecified atom stereocenters. The van der Waals surface area contributed by atoms with E-state index < -0.39 is 6.09 Å². The molecule has 17 heavy (non-hydrogen) atoms. The molecule has 0 aromatic heterocycles. The number of aliphatic hydroxyl groups excluding tert-OH is 1. The van der Waals surface area contributed by atoms with Crippen molar-refractivity contribution in [2.24, 2.45) is 0 Å². The molecular weight excluding hydrogens is 218 g/mol. The molecule has 1 aromatic rings. The van der Waals surface area contributed by atoms with Crippen LogP contribution < -0.4 is 0 Å². The maximum Gasteiger partial charge on any atom is 0.410 e. The van der Waals surface area contributed by atoms with Crippen LogP contribution in [0.2, 0.25) is 0 Å². The lowest BCUT2D eigenvalue weighted by molar-refractivity contribution is 0.0730. The van der Waals surface area contributed by atoms with Gasteiger partial charge in [0.1, 0.15) is 6.61 Å². The summed E-state index contributed by atoms with van der Waals surface area (Å²) >= 11 is 0. The van der Waals surface area contributed by atoms with Crippen LogP contribution in [0.5, 0.6) is 0 Å². The first-order valence-electron chi connectivity index (χ1n) is 5.73. The van der Waals surface area contributed by atoms with Crippen molar-refractivity contribution < 1.29 is 14.6 Å². The van der Waals surface area contributed by atoms with Gasteiger partial charge < -0.3 is 14.7 Å². The number of benzene rings is 1. The van der Waals surface area contributed by atoms with Crippen molar-refractivity contribution in [3.8, 4) is 0 Å². The van der Waals surface area contributed by atoms with Gasteiger partial charge in [-0.05, 0) is 19.4 Å². The van der Waals surface area contributed by atoms with Crippen LogP contribution in [0.15, 0.2) is 30.3 Å². The zero-order valence-electron chi connectivity index (χ0n) is 10.3. The van der Waals surface area contributed by atoms with E-state index in [1.54, 1.807) is 4.90 Å². The lowest BCUT2D eigenvalue weighted by atomic mass is 10.2. The van der Waals surface area contributed by atoms with E-state index in [1.807, 2.05) is 44.2 Å². The Morgan fingerprint density at radius 2 is 2.00 bits per heavy atom. The standard InChI is InChI=1S/C13H19NO3/c1-11(2)14(13(16)17-9-8-15)10-12-6-4-3-5-7-12/h3-7,11,15H,8-10H2,1-2H3. The summed E-state index contributed by atoms with van der Waals surface area (Å²) in [4.78, 5) is 13.4. The Kier molecular flexibility index (Phi) is 5.49. The first kappa shape index (κ1) is 13.5. The molecule has 0 spiro atoms. The number of hydrogen-bond donors (Lipinski definition) is 1. The van der Waals surface area contributed by atoms with Crippen molar-refractivity contribution in [2.75, 3.05) is 13.2 Å². The molecule has 0 saturated heterocycles. The number of carbonyl (C=O) groups excluding carboxylic acids is 1. The van der Waals surface area contributed by atoms with Crippen molar-refractivity contribution in [1.82, 2.24) is 4.90 Å². The molecule has 0 aliphatic carbocycles. The van der Waals surface area contributed by atoms with Gasteiger partial charge in [-0.3, -0.25) is 0 Å². The van der Waals surface area contributed by atoms with Gasteiger partial charge in [-0.1, -0.05) is 30.3 Å². The van der Waals surface area contributed by atoms with Crippen molar-refractivity contribution in [2.45, 2.75) is 26.4 Å². The summed E-state index contributed by atoms with van der Waals surface area (Å²) in [5.74, 6) is 0. The molecule has 0 heterocycles. The van der Waals surface area contributed by atoms with Gasteiger partial charge in [-0.2, -0.15) is 0 Å². The van der Waals surface area contributed by atoms with Gasteiger partial charge in [0.15, 0.2) is 0 Å². The second-order valence-electron chi connectivity index (χ2n) is 4.05. The Balaban J connectivity index is 2.63. The highest BCUT2D eigenvalue weighted by Crippen LogP contribution is 2.09. The summed E-state index contributed by atoms with van der Waals surface area (Å²) in [6.07, 6.45) is -0.391. The Hall–Kier alpha value is -1.55. The summed E-state index contributed by atoms with van der Waals surface area (Å²) in [6, 6.07) is 9.80. The highest BCUT2D eigenvalue weighted by molar-refractivity contribution is 5.68. The van der Waals surface area contributed by atoms with Crippen LogP contribution in [-0.2, 0) is 11.3 Å². The summed E-state index contributed by atoms with van der Waals surface area (Å²) in [7, 11) is 0. The fourth-order valence-corrected chi connectivity index (χ4v) is 1.45. The maximum absolute atomic E-state index is 11.7. The molecule has 0 bridgehead atoms. The number of nitrogens with zero attached hydrogens (tertiary/aromatic N) is 1. The minimum Gasteiger partial charge on any atom is -0.447 e. The predicted molar refractivity (Wildman–Crippen MR) is 65.6 cm³/mol. The predicted octanol–water partition coefficient (Wildman–Crippen LogP) is 2.03. The monoisotopic (exact) mass is 237 g/mol. The fourth-order valence-electron chi connectivity index (χ4n) is 1.45. The van der Waals surface area contributed by atoms with Crippen LogP contribution in [0.4, 0.5) is 4.79 Å². The number of aliphatic hydroxyl groups is 1. The minimum absolute atomic E-state index is 0.0385. The number of hydrogen-bond acceptors (Lipinski definition) is 3. The summed E-state index contributed by atoms with van der Waals surface area (Å²) < 4.78 is 4.92. The van der Waals surface area contributed by atoms with E-state index in [0.29, 0.717) is 6.54 Å². The maximum atomic E-state index is 11.7. The van der Waals surface area contributed by atoms with Gasteiger partial charge in [0, 0.05) is 12.6 Å². The van der Waals surface area contributed by atoms with Crippen LogP contribution in [0.1, 0.15) is 19.4 Å². The smallest absolute Gasteiger partial charge is 0.410 e. The van der Waals surface area contributed by atoms with Gasteiger partial charge in [0.05, 0.1) is 6.61 Å². The van der Waals surface area contributed by atoms with Gasteiger partial charge >= 0.3 is 6.09 Å². The second kappa shape index (κ2) is 6.91. The van der Waals surface area contributed by atoms with Crippen LogP contribution in [0.25, 0.3) is 0 Å². The van der Waals surface area contributed by atoms with E-state index in [0.717, 1.165) is 5.56 Å². The third kappa shape index (κ3) is 4.44. The van der Waals surface area contributed by atoms with Gasteiger partial charge in [-0.25, -0.2) is 4.79 Å². The quantitative estimate of drug-likeness (QED) is 0.852. The van der Waals surface area contributed by atoms with Crippen LogP contribution >= 0.6 is 0 Å². The normalized spacial score (nSPS) is 10.4. The number of amides is 1. The van der Waals surface area contributed by atoms with Crippen molar-refractivity contribution in [3.63, 3.8) is 0 Å². The zero-order chi connectivity index (χ0) is 12.7. The van der Waals surface area contributed by atoms with E-state index in [1.165, 1.54) is 0 Å². The number of rotatable bonds is 5. The molecule has 4 nitrogen and oxygen atoms in total. The SMILES string of the molecule is CC(C)N(Cc1ccccc1)C(=O)OCCO. The summed E-state index contributed by atoms with van der Waals surface area (Å²) in [6.45, 7) is 4.27. The second-order valence-corrected chi connectivity index (χ2v) is 4.05. The average molecular weight is 237 g/mol. The molecule has 0 aliphatic rings. The van der Waals surface area contributed by atoms with E-state index in [9.17, 15) is 4.79 Å². The average Bonchev–Trinajstić information content (AvgIpc) is 2.34. The Morgan fingerprint density at radius 3 is 2.53 bits per heavy atom. The van der Waals surface area contributed by atoms with Gasteiger partial charge in [-0.15, -0.1) is 0 Å². The Bertz CT molecular complexity index is 338. The molecule has 1 amide bonds. The van der Waals surface area contributed by atoms with Crippen molar-refractivity contribution in [3.05, 3.63) is 35.9 Å². The highest BCUT2D eigenvalue weighted by Gasteiger charge is 2.18.